The zero-order chi connectivity index (χ0) is 23.4. The molecule has 1 aliphatic rings. The number of nitrogens with zero attached hydrogens (tertiary/aromatic N) is 2. The van der Waals surface area contributed by atoms with Gasteiger partial charge in [0, 0.05) is 28.0 Å². The van der Waals surface area contributed by atoms with Gasteiger partial charge in [0.05, 0.1) is 6.54 Å². The second-order valence-corrected chi connectivity index (χ2v) is 9.92. The van der Waals surface area contributed by atoms with Gasteiger partial charge in [0.25, 0.3) is 0 Å². The van der Waals surface area contributed by atoms with Crippen molar-refractivity contribution in [2.75, 3.05) is 11.9 Å². The van der Waals surface area contributed by atoms with Crippen LogP contribution in [0.2, 0.25) is 0 Å². The second kappa shape index (κ2) is 10.2. The molecule has 7 heteroatoms. The minimum Gasteiger partial charge on any atom is -0.332 e. The van der Waals surface area contributed by atoms with Gasteiger partial charge in [-0.2, -0.15) is 0 Å². The average Bonchev–Trinajstić information content (AvgIpc) is 3.55. The summed E-state index contributed by atoms with van der Waals surface area (Å²) in [6, 6.07) is 17.7. The van der Waals surface area contributed by atoms with Crippen molar-refractivity contribution in [1.29, 1.82) is 0 Å². The van der Waals surface area contributed by atoms with E-state index in [2.05, 4.69) is 5.32 Å². The number of carbonyl (C=O) groups is 2. The van der Waals surface area contributed by atoms with Crippen LogP contribution in [0.1, 0.15) is 33.7 Å². The molecule has 1 N–H and O–H groups in total. The van der Waals surface area contributed by atoms with E-state index in [0.29, 0.717) is 18.8 Å². The summed E-state index contributed by atoms with van der Waals surface area (Å²) in [5, 5.41) is 2.92. The molecule has 172 valence electrons. The molecular weight excluding hydrogens is 437 g/mol. The van der Waals surface area contributed by atoms with Gasteiger partial charge < -0.3 is 15.1 Å². The van der Waals surface area contributed by atoms with E-state index in [4.69, 9.17) is 0 Å². The van der Waals surface area contributed by atoms with Gasteiger partial charge in [0.1, 0.15) is 12.4 Å². The summed E-state index contributed by atoms with van der Waals surface area (Å²) in [6.45, 7) is 4.84. The number of rotatable bonds is 8. The lowest BCUT2D eigenvalue weighted by Gasteiger charge is -2.28. The Morgan fingerprint density at radius 1 is 0.970 bits per heavy atom. The zero-order valence-corrected chi connectivity index (χ0v) is 19.7. The van der Waals surface area contributed by atoms with Crippen molar-refractivity contribution in [3.05, 3.63) is 87.4 Å². The van der Waals surface area contributed by atoms with Crippen LogP contribution >= 0.6 is 11.3 Å². The van der Waals surface area contributed by atoms with Crippen LogP contribution < -0.4 is 5.32 Å². The minimum atomic E-state index is -0.307. The Balaban J connectivity index is 1.48. The van der Waals surface area contributed by atoms with Crippen LogP contribution in [0.25, 0.3) is 0 Å². The highest BCUT2D eigenvalue weighted by molar-refractivity contribution is 7.11. The highest BCUT2D eigenvalue weighted by Crippen LogP contribution is 2.28. The summed E-state index contributed by atoms with van der Waals surface area (Å²) in [7, 11) is 0. The van der Waals surface area contributed by atoms with Crippen molar-refractivity contribution < 1.29 is 14.0 Å². The first kappa shape index (κ1) is 23.0. The van der Waals surface area contributed by atoms with E-state index < -0.39 is 0 Å². The maximum atomic E-state index is 13.4. The van der Waals surface area contributed by atoms with Crippen molar-refractivity contribution in [1.82, 2.24) is 9.80 Å². The summed E-state index contributed by atoms with van der Waals surface area (Å²) < 4.78 is 13.4. The Hall–Kier alpha value is -3.19. The van der Waals surface area contributed by atoms with Gasteiger partial charge in [0.15, 0.2) is 0 Å². The second-order valence-electron chi connectivity index (χ2n) is 8.54. The van der Waals surface area contributed by atoms with Crippen molar-refractivity contribution in [3.8, 4) is 0 Å². The standard InChI is InChI=1S/C26H28FN3O2S/c1-18-3-10-22(11-4-18)28-26(32)30(23-12-13-23)17-25(31)29(16-24-14-5-19(2)33-24)15-20-6-8-21(27)9-7-20/h3-11,14,23H,12-13,15-17H2,1-2H3,(H,28,32). The first-order chi connectivity index (χ1) is 15.9. The van der Waals surface area contributed by atoms with Gasteiger partial charge in [-0.3, -0.25) is 4.79 Å². The number of hydrogen-bond acceptors (Lipinski definition) is 3. The molecule has 5 nitrogen and oxygen atoms in total. The fraction of sp³-hybridized carbons (Fsp3) is 0.308. The van der Waals surface area contributed by atoms with Crippen LogP contribution in [0.3, 0.4) is 0 Å². The maximum Gasteiger partial charge on any atom is 0.322 e. The Kier molecular flexibility index (Phi) is 7.08. The van der Waals surface area contributed by atoms with Crippen LogP contribution in [0, 0.1) is 19.7 Å². The molecule has 0 radical (unpaired) electrons. The van der Waals surface area contributed by atoms with Crippen molar-refractivity contribution in [2.24, 2.45) is 0 Å². The molecule has 0 aliphatic heterocycles. The Bertz CT molecular complexity index is 1110. The molecule has 2 aromatic carbocycles. The number of urea groups is 1. The summed E-state index contributed by atoms with van der Waals surface area (Å²) in [5.41, 5.74) is 2.67. The molecule has 0 bridgehead atoms. The van der Waals surface area contributed by atoms with Crippen molar-refractivity contribution >= 4 is 29.0 Å². The predicted molar refractivity (Wildman–Crippen MR) is 130 cm³/mol. The first-order valence-corrected chi connectivity index (χ1v) is 11.9. The number of hydrogen-bond donors (Lipinski definition) is 1. The van der Waals surface area contributed by atoms with Gasteiger partial charge in [0.2, 0.25) is 5.91 Å². The normalized spacial score (nSPS) is 12.9. The number of aryl methyl sites for hydroxylation is 2. The molecule has 1 heterocycles. The molecule has 3 aromatic rings. The monoisotopic (exact) mass is 465 g/mol. The summed E-state index contributed by atoms with van der Waals surface area (Å²) >= 11 is 1.65. The molecule has 1 aromatic heterocycles. The molecule has 0 unspecified atom stereocenters. The van der Waals surface area contributed by atoms with Crippen LogP contribution in [-0.4, -0.2) is 34.3 Å². The van der Waals surface area contributed by atoms with E-state index in [1.54, 1.807) is 33.3 Å². The molecule has 1 fully saturated rings. The van der Waals surface area contributed by atoms with Crippen LogP contribution in [0.4, 0.5) is 14.9 Å². The molecular formula is C26H28FN3O2S. The number of benzene rings is 2. The summed E-state index contributed by atoms with van der Waals surface area (Å²) in [6.07, 6.45) is 1.80. The third kappa shape index (κ3) is 6.42. The highest BCUT2D eigenvalue weighted by Gasteiger charge is 2.35. The molecule has 1 aliphatic carbocycles. The third-order valence-corrected chi connectivity index (χ3v) is 6.62. The van der Waals surface area contributed by atoms with Gasteiger partial charge in [-0.15, -0.1) is 11.3 Å². The quantitative estimate of drug-likeness (QED) is 0.462. The Morgan fingerprint density at radius 2 is 1.67 bits per heavy atom. The fourth-order valence-electron chi connectivity index (χ4n) is 3.63. The van der Waals surface area contributed by atoms with E-state index in [-0.39, 0.29) is 30.3 Å². The van der Waals surface area contributed by atoms with E-state index >= 15 is 0 Å². The first-order valence-electron chi connectivity index (χ1n) is 11.1. The zero-order valence-electron chi connectivity index (χ0n) is 18.9. The molecule has 0 spiro atoms. The third-order valence-electron chi connectivity index (χ3n) is 5.64. The number of nitrogens with one attached hydrogen (secondary N) is 1. The Morgan fingerprint density at radius 3 is 2.27 bits per heavy atom. The van der Waals surface area contributed by atoms with Crippen molar-refractivity contribution in [2.45, 2.75) is 45.8 Å². The lowest BCUT2D eigenvalue weighted by molar-refractivity contribution is -0.133. The lowest BCUT2D eigenvalue weighted by atomic mass is 10.2. The fourth-order valence-corrected chi connectivity index (χ4v) is 4.54. The number of halogens is 1. The molecule has 0 saturated heterocycles. The van der Waals surface area contributed by atoms with Gasteiger partial charge in [-0.05, 0) is 68.7 Å². The minimum absolute atomic E-state index is 0.00785. The average molecular weight is 466 g/mol. The van der Waals surface area contributed by atoms with E-state index in [1.165, 1.54) is 17.0 Å². The van der Waals surface area contributed by atoms with Crippen LogP contribution in [0.5, 0.6) is 0 Å². The van der Waals surface area contributed by atoms with Gasteiger partial charge in [-0.1, -0.05) is 29.8 Å². The predicted octanol–water partition coefficient (Wildman–Crippen LogP) is 5.73. The Labute approximate surface area is 197 Å². The van der Waals surface area contributed by atoms with Gasteiger partial charge >= 0.3 is 6.03 Å². The smallest absolute Gasteiger partial charge is 0.322 e. The molecule has 3 amide bonds. The van der Waals surface area contributed by atoms with E-state index in [9.17, 15) is 14.0 Å². The van der Waals surface area contributed by atoms with Gasteiger partial charge in [-0.25, -0.2) is 9.18 Å². The SMILES string of the molecule is Cc1ccc(NC(=O)N(CC(=O)N(Cc2ccc(F)cc2)Cc2ccc(C)s2)C2CC2)cc1. The highest BCUT2D eigenvalue weighted by atomic mass is 32.1. The number of amides is 3. The van der Waals surface area contributed by atoms with E-state index in [1.807, 2.05) is 50.2 Å². The summed E-state index contributed by atoms with van der Waals surface area (Å²) in [5.74, 6) is -0.436. The molecule has 4 rings (SSSR count). The number of thiophene rings is 1. The van der Waals surface area contributed by atoms with Crippen LogP contribution in [0.15, 0.2) is 60.7 Å². The lowest BCUT2D eigenvalue weighted by Crippen LogP contribution is -2.45. The van der Waals surface area contributed by atoms with Crippen molar-refractivity contribution in [3.63, 3.8) is 0 Å². The largest absolute Gasteiger partial charge is 0.332 e. The van der Waals surface area contributed by atoms with Crippen LogP contribution in [-0.2, 0) is 17.9 Å². The molecule has 33 heavy (non-hydrogen) atoms. The van der Waals surface area contributed by atoms with E-state index in [0.717, 1.165) is 28.8 Å². The maximum absolute atomic E-state index is 13.4. The molecule has 0 atom stereocenters. The topological polar surface area (TPSA) is 52.7 Å². The number of anilines is 1. The molecule has 1 saturated carbocycles. The summed E-state index contributed by atoms with van der Waals surface area (Å²) in [4.78, 5) is 32.0. The number of carbonyl (C=O) groups excluding carboxylic acids is 2.